The molecule has 0 atom stereocenters. The Balaban J connectivity index is 1.85. The van der Waals surface area contributed by atoms with Crippen LogP contribution in [0.25, 0.3) is 11.4 Å². The zero-order chi connectivity index (χ0) is 17.5. The summed E-state index contributed by atoms with van der Waals surface area (Å²) in [7, 11) is 0. The van der Waals surface area contributed by atoms with E-state index in [1.54, 1.807) is 24.7 Å². The molecule has 25 heavy (non-hydrogen) atoms. The van der Waals surface area contributed by atoms with Gasteiger partial charge in [-0.3, -0.25) is 14.8 Å². The molecular weight excluding hydrogens is 320 g/mol. The van der Waals surface area contributed by atoms with Gasteiger partial charge in [-0.15, -0.1) is 0 Å². The van der Waals surface area contributed by atoms with Gasteiger partial charge in [0.05, 0.1) is 11.4 Å². The largest absolute Gasteiger partial charge is 0.480 e. The minimum Gasteiger partial charge on any atom is -0.480 e. The average molecular weight is 336 g/mol. The highest BCUT2D eigenvalue weighted by atomic mass is 16.4. The van der Waals surface area contributed by atoms with Crippen molar-refractivity contribution in [1.82, 2.24) is 19.9 Å². The molecule has 3 heterocycles. The quantitative estimate of drug-likeness (QED) is 0.601. The van der Waals surface area contributed by atoms with Crippen LogP contribution in [-0.2, 0) is 11.3 Å². The van der Waals surface area contributed by atoms with Crippen molar-refractivity contribution < 1.29 is 9.90 Å². The molecule has 0 bridgehead atoms. The fourth-order valence-corrected chi connectivity index (χ4v) is 2.11. The summed E-state index contributed by atoms with van der Waals surface area (Å²) in [4.78, 5) is 27.7. The van der Waals surface area contributed by atoms with Gasteiger partial charge >= 0.3 is 5.97 Å². The molecule has 8 nitrogen and oxygen atoms in total. The molecule has 0 aromatic carbocycles. The molecule has 3 aromatic heterocycles. The predicted molar refractivity (Wildman–Crippen MR) is 93.0 cm³/mol. The molecule has 8 heteroatoms. The van der Waals surface area contributed by atoms with Crippen molar-refractivity contribution in [3.8, 4) is 11.4 Å². The number of hydrogen-bond acceptors (Lipinski definition) is 7. The lowest BCUT2D eigenvalue weighted by molar-refractivity contribution is -0.134. The Morgan fingerprint density at radius 2 is 1.96 bits per heavy atom. The smallest absolute Gasteiger partial charge is 0.322 e. The second kappa shape index (κ2) is 7.82. The van der Waals surface area contributed by atoms with Crippen LogP contribution in [0.15, 0.2) is 55.0 Å². The number of aliphatic carboxylic acids is 1. The van der Waals surface area contributed by atoms with E-state index in [1.807, 2.05) is 30.3 Å². The van der Waals surface area contributed by atoms with Crippen LogP contribution in [-0.4, -0.2) is 37.6 Å². The van der Waals surface area contributed by atoms with Crippen molar-refractivity contribution in [1.29, 1.82) is 0 Å². The van der Waals surface area contributed by atoms with Crippen molar-refractivity contribution in [3.05, 3.63) is 60.6 Å². The highest BCUT2D eigenvalue weighted by Crippen LogP contribution is 2.19. The molecule has 3 aromatic rings. The van der Waals surface area contributed by atoms with Crippen LogP contribution in [0, 0.1) is 0 Å². The Kier molecular flexibility index (Phi) is 5.10. The number of pyridine rings is 2. The van der Waals surface area contributed by atoms with Crippen molar-refractivity contribution >= 4 is 17.7 Å². The molecule has 3 rings (SSSR count). The molecule has 126 valence electrons. The summed E-state index contributed by atoms with van der Waals surface area (Å²) >= 11 is 0. The molecule has 0 aliphatic heterocycles. The first kappa shape index (κ1) is 16.3. The van der Waals surface area contributed by atoms with Gasteiger partial charge in [-0.25, -0.2) is 4.98 Å². The van der Waals surface area contributed by atoms with Gasteiger partial charge in [0.1, 0.15) is 12.4 Å². The monoisotopic (exact) mass is 336 g/mol. The second-order valence-corrected chi connectivity index (χ2v) is 5.14. The summed E-state index contributed by atoms with van der Waals surface area (Å²) in [6, 6.07) is 11.1. The number of carboxylic acids is 1. The van der Waals surface area contributed by atoms with Crippen molar-refractivity contribution in [3.63, 3.8) is 0 Å². The van der Waals surface area contributed by atoms with E-state index in [-0.39, 0.29) is 12.5 Å². The van der Waals surface area contributed by atoms with E-state index in [4.69, 9.17) is 5.11 Å². The van der Waals surface area contributed by atoms with Crippen LogP contribution in [0.4, 0.5) is 11.8 Å². The lowest BCUT2D eigenvalue weighted by Crippen LogP contribution is -2.15. The Morgan fingerprint density at radius 3 is 2.68 bits per heavy atom. The third-order valence-electron chi connectivity index (χ3n) is 3.25. The van der Waals surface area contributed by atoms with E-state index >= 15 is 0 Å². The maximum atomic E-state index is 10.8. The molecule has 0 spiro atoms. The number of nitrogens with one attached hydrogen (secondary N) is 2. The topological polar surface area (TPSA) is 113 Å². The average Bonchev–Trinajstić information content (AvgIpc) is 2.66. The maximum absolute atomic E-state index is 10.8. The minimum absolute atomic E-state index is 0.222. The summed E-state index contributed by atoms with van der Waals surface area (Å²) in [5.41, 5.74) is 2.27. The number of aromatic nitrogens is 4. The van der Waals surface area contributed by atoms with Gasteiger partial charge in [-0.2, -0.15) is 4.98 Å². The van der Waals surface area contributed by atoms with E-state index in [9.17, 15) is 4.79 Å². The predicted octanol–water partition coefficient (Wildman–Crippen LogP) is 2.04. The minimum atomic E-state index is -0.989. The highest BCUT2D eigenvalue weighted by Gasteiger charge is 2.09. The lowest BCUT2D eigenvalue weighted by Gasteiger charge is -2.10. The van der Waals surface area contributed by atoms with Crippen molar-refractivity contribution in [2.75, 3.05) is 17.2 Å². The van der Waals surface area contributed by atoms with Gasteiger partial charge < -0.3 is 15.7 Å². The van der Waals surface area contributed by atoms with E-state index in [0.717, 1.165) is 5.56 Å². The van der Waals surface area contributed by atoms with Crippen molar-refractivity contribution in [2.24, 2.45) is 0 Å². The Labute approximate surface area is 144 Å². The Morgan fingerprint density at radius 1 is 1.04 bits per heavy atom. The van der Waals surface area contributed by atoms with E-state index in [0.29, 0.717) is 23.8 Å². The van der Waals surface area contributed by atoms with Crippen LogP contribution < -0.4 is 10.6 Å². The van der Waals surface area contributed by atoms with Crippen molar-refractivity contribution in [2.45, 2.75) is 6.54 Å². The number of carboxylic acid groups (broad SMARTS) is 1. The fraction of sp³-hybridized carbons (Fsp3) is 0.118. The molecule has 0 amide bonds. The molecular formula is C17H16N6O2. The van der Waals surface area contributed by atoms with Crippen LogP contribution in [0.3, 0.4) is 0 Å². The van der Waals surface area contributed by atoms with Crippen LogP contribution in [0.2, 0.25) is 0 Å². The molecule has 0 radical (unpaired) electrons. The molecule has 3 N–H and O–H groups in total. The van der Waals surface area contributed by atoms with Crippen LogP contribution >= 0.6 is 0 Å². The van der Waals surface area contributed by atoms with Gasteiger partial charge in [-0.05, 0) is 23.8 Å². The summed E-state index contributed by atoms with van der Waals surface area (Å²) in [5, 5.41) is 14.7. The van der Waals surface area contributed by atoms with Gasteiger partial charge in [0, 0.05) is 31.2 Å². The SMILES string of the molecule is O=C(O)CNc1nc(NCc2cccnc2)cc(-c2ccccn2)n1. The lowest BCUT2D eigenvalue weighted by atomic mass is 10.2. The fourth-order valence-electron chi connectivity index (χ4n) is 2.11. The standard InChI is InChI=1S/C17H16N6O2/c24-16(25)11-21-17-22-14(13-5-1-2-7-19-13)8-15(23-17)20-10-12-4-3-6-18-9-12/h1-9H,10-11H2,(H,24,25)(H2,20,21,22,23). The molecule has 0 saturated carbocycles. The van der Waals surface area contributed by atoms with E-state index in [2.05, 4.69) is 30.6 Å². The summed E-state index contributed by atoms with van der Waals surface area (Å²) < 4.78 is 0. The molecule has 0 aliphatic carbocycles. The van der Waals surface area contributed by atoms with Crippen LogP contribution in [0.5, 0.6) is 0 Å². The number of rotatable bonds is 7. The molecule has 0 fully saturated rings. The number of carbonyl (C=O) groups is 1. The normalized spacial score (nSPS) is 10.2. The Bertz CT molecular complexity index is 842. The first-order valence-electron chi connectivity index (χ1n) is 7.59. The molecule has 0 saturated heterocycles. The third kappa shape index (κ3) is 4.71. The van der Waals surface area contributed by atoms with Gasteiger partial charge in [0.15, 0.2) is 0 Å². The van der Waals surface area contributed by atoms with Gasteiger partial charge in [-0.1, -0.05) is 12.1 Å². The number of anilines is 2. The van der Waals surface area contributed by atoms with E-state index < -0.39 is 5.97 Å². The Hall–Kier alpha value is -3.55. The number of hydrogen-bond donors (Lipinski definition) is 3. The van der Waals surface area contributed by atoms with Gasteiger partial charge in [0.2, 0.25) is 5.95 Å². The maximum Gasteiger partial charge on any atom is 0.322 e. The first-order valence-corrected chi connectivity index (χ1v) is 7.59. The zero-order valence-corrected chi connectivity index (χ0v) is 13.3. The number of nitrogens with zero attached hydrogens (tertiary/aromatic N) is 4. The highest BCUT2D eigenvalue weighted by molar-refractivity contribution is 5.72. The van der Waals surface area contributed by atoms with E-state index in [1.165, 1.54) is 0 Å². The molecule has 0 unspecified atom stereocenters. The van der Waals surface area contributed by atoms with Gasteiger partial charge in [0.25, 0.3) is 0 Å². The summed E-state index contributed by atoms with van der Waals surface area (Å²) in [6.45, 7) is 0.262. The summed E-state index contributed by atoms with van der Waals surface area (Å²) in [6.07, 6.45) is 5.14. The second-order valence-electron chi connectivity index (χ2n) is 5.14. The molecule has 0 aliphatic rings. The summed E-state index contributed by atoms with van der Waals surface area (Å²) in [5.74, 6) is -0.205. The zero-order valence-electron chi connectivity index (χ0n) is 13.3. The first-order chi connectivity index (χ1) is 12.2. The van der Waals surface area contributed by atoms with Crippen LogP contribution in [0.1, 0.15) is 5.56 Å². The third-order valence-corrected chi connectivity index (χ3v) is 3.25.